The number of rotatable bonds is 5. The van der Waals surface area contributed by atoms with E-state index in [1.165, 1.54) is 5.56 Å². The minimum atomic E-state index is -0.333. The van der Waals surface area contributed by atoms with Crippen molar-refractivity contribution in [2.45, 2.75) is 31.6 Å². The van der Waals surface area contributed by atoms with Crippen LogP contribution < -0.4 is 0 Å². The first-order valence-electron chi connectivity index (χ1n) is 10.8. The zero-order valence-electron chi connectivity index (χ0n) is 17.5. The molecule has 31 heavy (non-hydrogen) atoms. The molecule has 0 amide bonds. The third-order valence-corrected chi connectivity index (χ3v) is 6.34. The molecule has 0 saturated carbocycles. The van der Waals surface area contributed by atoms with E-state index in [9.17, 15) is 9.90 Å². The van der Waals surface area contributed by atoms with Crippen LogP contribution in [0.25, 0.3) is 10.9 Å². The maximum atomic E-state index is 13.2. The van der Waals surface area contributed by atoms with E-state index in [2.05, 4.69) is 36.2 Å². The van der Waals surface area contributed by atoms with Gasteiger partial charge < -0.3 is 10.1 Å². The lowest BCUT2D eigenvalue weighted by Crippen LogP contribution is -2.11. The van der Waals surface area contributed by atoms with Gasteiger partial charge in [0.05, 0.1) is 5.92 Å². The van der Waals surface area contributed by atoms with E-state index < -0.39 is 0 Å². The van der Waals surface area contributed by atoms with Crippen molar-refractivity contribution in [3.63, 3.8) is 0 Å². The Morgan fingerprint density at radius 3 is 2.39 bits per heavy atom. The van der Waals surface area contributed by atoms with Gasteiger partial charge in [0.1, 0.15) is 5.76 Å². The van der Waals surface area contributed by atoms with Crippen LogP contribution in [-0.2, 0) is 11.2 Å². The second-order valence-electron chi connectivity index (χ2n) is 8.23. The number of benzene rings is 3. The number of aromatic nitrogens is 1. The molecule has 2 atom stereocenters. The lowest BCUT2D eigenvalue weighted by atomic mass is 9.86. The topological polar surface area (TPSA) is 53.1 Å². The number of hydrogen-bond acceptors (Lipinski definition) is 2. The van der Waals surface area contributed by atoms with Gasteiger partial charge in [0.2, 0.25) is 0 Å². The number of aryl methyl sites for hydroxylation is 1. The van der Waals surface area contributed by atoms with E-state index in [4.69, 9.17) is 0 Å². The highest BCUT2D eigenvalue weighted by molar-refractivity contribution is 6.02. The van der Waals surface area contributed by atoms with Gasteiger partial charge in [0.15, 0.2) is 5.78 Å². The van der Waals surface area contributed by atoms with Gasteiger partial charge >= 0.3 is 0 Å². The van der Waals surface area contributed by atoms with Crippen molar-refractivity contribution in [3.05, 3.63) is 119 Å². The Morgan fingerprint density at radius 1 is 0.968 bits per heavy atom. The summed E-state index contributed by atoms with van der Waals surface area (Å²) in [6.45, 7) is 2.14. The van der Waals surface area contributed by atoms with Crippen molar-refractivity contribution in [3.8, 4) is 0 Å². The molecule has 0 aliphatic heterocycles. The van der Waals surface area contributed by atoms with E-state index in [1.54, 1.807) is 0 Å². The third-order valence-electron chi connectivity index (χ3n) is 6.34. The number of allylic oxidation sites excluding steroid dienone is 2. The summed E-state index contributed by atoms with van der Waals surface area (Å²) in [6.07, 6.45) is 1.27. The largest absolute Gasteiger partial charge is 0.511 e. The predicted octanol–water partition coefficient (Wildman–Crippen LogP) is 6.43. The second kappa shape index (κ2) is 7.92. The molecule has 0 fully saturated rings. The molecule has 154 valence electrons. The highest BCUT2D eigenvalue weighted by atomic mass is 16.3. The summed E-state index contributed by atoms with van der Waals surface area (Å²) in [5.74, 6) is -0.420. The summed E-state index contributed by atoms with van der Waals surface area (Å²) in [5, 5.41) is 12.4. The molecule has 4 aromatic rings. The Labute approximate surface area is 182 Å². The monoisotopic (exact) mass is 407 g/mol. The maximum Gasteiger partial charge on any atom is 0.164 e. The van der Waals surface area contributed by atoms with Crippen LogP contribution in [0.5, 0.6) is 0 Å². The fourth-order valence-corrected chi connectivity index (χ4v) is 4.72. The summed E-state index contributed by atoms with van der Waals surface area (Å²) in [5.41, 5.74) is 5.71. The lowest BCUT2D eigenvalue weighted by molar-refractivity contribution is -0.115. The standard InChI is InChI=1S/C28H25NO2/c1-2-18-13-14-23-21(15-18)16-24(29-23)26(20-11-7-4-8-12-20)27-25(30)17-22(28(27)31)19-9-5-3-6-10-19/h3-16,22,26,29,31H,2,17H2,1H3. The van der Waals surface area contributed by atoms with E-state index in [-0.39, 0.29) is 23.4 Å². The van der Waals surface area contributed by atoms with Crippen molar-refractivity contribution < 1.29 is 9.90 Å². The Hall–Kier alpha value is -3.59. The molecule has 3 aromatic carbocycles. The van der Waals surface area contributed by atoms with Crippen LogP contribution in [0.15, 0.2) is 96.3 Å². The van der Waals surface area contributed by atoms with E-state index in [0.29, 0.717) is 12.0 Å². The fraction of sp³-hybridized carbons (Fsp3) is 0.179. The lowest BCUT2D eigenvalue weighted by Gasteiger charge is -2.18. The Bertz CT molecular complexity index is 1270. The Balaban J connectivity index is 1.67. The molecule has 1 heterocycles. The van der Waals surface area contributed by atoms with Crippen molar-refractivity contribution in [2.75, 3.05) is 0 Å². The molecule has 0 saturated heterocycles. The van der Waals surface area contributed by atoms with Gasteiger partial charge in [0.25, 0.3) is 0 Å². The SMILES string of the molecule is CCc1ccc2[nH]c(C(C3=C(O)C(c4ccccc4)CC3=O)c3ccccc3)cc2c1. The normalized spacial score (nSPS) is 17.5. The molecule has 2 unspecified atom stereocenters. The third kappa shape index (κ3) is 3.46. The van der Waals surface area contributed by atoms with E-state index in [0.717, 1.165) is 34.1 Å². The second-order valence-corrected chi connectivity index (χ2v) is 8.23. The van der Waals surface area contributed by atoms with Gasteiger partial charge in [-0.05, 0) is 46.7 Å². The molecule has 0 radical (unpaired) electrons. The smallest absolute Gasteiger partial charge is 0.164 e. The molecule has 0 spiro atoms. The van der Waals surface area contributed by atoms with Crippen LogP contribution in [0, 0.1) is 0 Å². The van der Waals surface area contributed by atoms with Crippen LogP contribution in [0.3, 0.4) is 0 Å². The summed E-state index contributed by atoms with van der Waals surface area (Å²) < 4.78 is 0. The molecule has 3 nitrogen and oxygen atoms in total. The first kappa shape index (κ1) is 19.4. The molecule has 1 aliphatic carbocycles. The summed E-state index contributed by atoms with van der Waals surface area (Å²) in [7, 11) is 0. The highest BCUT2D eigenvalue weighted by Gasteiger charge is 2.39. The average Bonchev–Trinajstić information content (AvgIpc) is 3.36. The number of Topliss-reactive ketones (excluding diaryl/α,β-unsaturated/α-hetero) is 1. The van der Waals surface area contributed by atoms with Gasteiger partial charge in [0, 0.05) is 29.1 Å². The molecule has 0 bridgehead atoms. The molecule has 5 rings (SSSR count). The number of aliphatic hydroxyl groups excluding tert-OH is 1. The van der Waals surface area contributed by atoms with Gasteiger partial charge in [-0.25, -0.2) is 0 Å². The average molecular weight is 408 g/mol. The summed E-state index contributed by atoms with van der Waals surface area (Å²) >= 11 is 0. The molecular weight excluding hydrogens is 382 g/mol. The molecule has 1 aromatic heterocycles. The number of H-pyrrole nitrogens is 1. The first-order valence-corrected chi connectivity index (χ1v) is 10.8. The van der Waals surface area contributed by atoms with Gasteiger partial charge in [-0.1, -0.05) is 73.7 Å². The zero-order valence-corrected chi connectivity index (χ0v) is 17.5. The number of carbonyl (C=O) groups excluding carboxylic acids is 1. The fourth-order valence-electron chi connectivity index (χ4n) is 4.72. The molecular formula is C28H25NO2. The van der Waals surface area contributed by atoms with Crippen LogP contribution >= 0.6 is 0 Å². The maximum absolute atomic E-state index is 13.2. The number of aromatic amines is 1. The minimum absolute atomic E-state index is 0.00751. The van der Waals surface area contributed by atoms with Crippen molar-refractivity contribution in [1.29, 1.82) is 0 Å². The van der Waals surface area contributed by atoms with Crippen LogP contribution in [0.4, 0.5) is 0 Å². The minimum Gasteiger partial charge on any atom is -0.511 e. The van der Waals surface area contributed by atoms with E-state index in [1.807, 2.05) is 60.7 Å². The quantitative estimate of drug-likeness (QED) is 0.400. The zero-order chi connectivity index (χ0) is 21.4. The van der Waals surface area contributed by atoms with E-state index >= 15 is 0 Å². The van der Waals surface area contributed by atoms with Crippen molar-refractivity contribution >= 4 is 16.7 Å². The number of hydrogen-bond donors (Lipinski definition) is 2. The number of carbonyl (C=O) groups is 1. The van der Waals surface area contributed by atoms with Crippen molar-refractivity contribution in [2.24, 2.45) is 0 Å². The van der Waals surface area contributed by atoms with Gasteiger partial charge in [-0.3, -0.25) is 4.79 Å². The molecule has 3 heteroatoms. The van der Waals surface area contributed by atoms with Gasteiger partial charge in [-0.15, -0.1) is 0 Å². The van der Waals surface area contributed by atoms with Crippen LogP contribution in [0.2, 0.25) is 0 Å². The van der Waals surface area contributed by atoms with Gasteiger partial charge in [-0.2, -0.15) is 0 Å². The summed E-state index contributed by atoms with van der Waals surface area (Å²) in [6, 6.07) is 28.3. The number of nitrogens with one attached hydrogen (secondary N) is 1. The highest BCUT2D eigenvalue weighted by Crippen LogP contribution is 2.44. The van der Waals surface area contributed by atoms with Crippen molar-refractivity contribution in [1.82, 2.24) is 4.98 Å². The Kier molecular flexibility index (Phi) is 4.95. The molecule has 1 aliphatic rings. The predicted molar refractivity (Wildman–Crippen MR) is 124 cm³/mol. The van der Waals surface area contributed by atoms with Crippen LogP contribution in [0.1, 0.15) is 47.6 Å². The van der Waals surface area contributed by atoms with Crippen LogP contribution in [-0.4, -0.2) is 15.9 Å². The summed E-state index contributed by atoms with van der Waals surface area (Å²) in [4.78, 5) is 16.8. The number of fused-ring (bicyclic) bond motifs is 1. The number of ketones is 1. The Morgan fingerprint density at radius 2 is 1.68 bits per heavy atom. The number of aliphatic hydroxyl groups is 1. The molecule has 2 N–H and O–H groups in total. The first-order chi connectivity index (χ1) is 15.2.